The van der Waals surface area contributed by atoms with Gasteiger partial charge in [0.1, 0.15) is 5.75 Å². The standard InChI is InChI=1S/C29H36F3N3O3Si/c1-27(2,3)39(7,8)38-25(29(30,31)32)23-17-34(18-33-23)20-11-14-22-24(15-20)35(26(36)28(22,4)5)16-19-9-12-21(37-6)13-10-19/h9-15,17-18,25H,16H2,1-8H3. The number of fused-ring (bicyclic) bond motifs is 1. The highest BCUT2D eigenvalue weighted by Crippen LogP contribution is 2.45. The molecular weight excluding hydrogens is 523 g/mol. The van der Waals surface area contributed by atoms with Crippen LogP contribution in [0.3, 0.4) is 0 Å². The molecule has 1 atom stereocenters. The lowest BCUT2D eigenvalue weighted by Gasteiger charge is -2.39. The maximum Gasteiger partial charge on any atom is 0.419 e. The lowest BCUT2D eigenvalue weighted by atomic mass is 9.86. The van der Waals surface area contributed by atoms with E-state index < -0.39 is 31.1 Å². The molecule has 1 aliphatic heterocycles. The van der Waals surface area contributed by atoms with E-state index in [9.17, 15) is 18.0 Å². The molecule has 3 aromatic rings. The smallest absolute Gasteiger partial charge is 0.419 e. The number of nitrogens with zero attached hydrogens (tertiary/aromatic N) is 3. The van der Waals surface area contributed by atoms with Crippen LogP contribution >= 0.6 is 0 Å². The van der Waals surface area contributed by atoms with Crippen molar-refractivity contribution in [1.82, 2.24) is 9.55 Å². The Hall–Kier alpha value is -3.11. The van der Waals surface area contributed by atoms with Gasteiger partial charge in [-0.05, 0) is 67.4 Å². The number of benzene rings is 2. The van der Waals surface area contributed by atoms with Gasteiger partial charge in [-0.3, -0.25) is 4.79 Å². The van der Waals surface area contributed by atoms with Crippen molar-refractivity contribution < 1.29 is 27.1 Å². The van der Waals surface area contributed by atoms with Crippen molar-refractivity contribution in [1.29, 1.82) is 0 Å². The van der Waals surface area contributed by atoms with Crippen molar-refractivity contribution in [2.24, 2.45) is 0 Å². The number of imidazole rings is 1. The highest BCUT2D eigenvalue weighted by atomic mass is 28.4. The fraction of sp³-hybridized carbons (Fsp3) is 0.448. The van der Waals surface area contributed by atoms with Crippen LogP contribution in [0.25, 0.3) is 5.69 Å². The number of hydrogen-bond donors (Lipinski definition) is 0. The molecule has 210 valence electrons. The molecule has 2 aromatic carbocycles. The zero-order valence-corrected chi connectivity index (χ0v) is 24.7. The Labute approximate surface area is 228 Å². The maximum atomic E-state index is 14.1. The fourth-order valence-electron chi connectivity index (χ4n) is 4.45. The molecule has 0 saturated heterocycles. The van der Waals surface area contributed by atoms with Gasteiger partial charge in [-0.25, -0.2) is 4.98 Å². The van der Waals surface area contributed by atoms with Crippen molar-refractivity contribution in [3.63, 3.8) is 0 Å². The summed E-state index contributed by atoms with van der Waals surface area (Å²) in [5.74, 6) is 0.678. The molecule has 1 aromatic heterocycles. The SMILES string of the molecule is COc1ccc(CN2C(=O)C(C)(C)c3ccc(-n4cnc(C(O[Si](C)(C)C(C)(C)C)C(F)(F)F)c4)cc32)cc1. The van der Waals surface area contributed by atoms with E-state index in [4.69, 9.17) is 9.16 Å². The molecule has 1 amide bonds. The first-order chi connectivity index (χ1) is 18.0. The maximum absolute atomic E-state index is 14.1. The Bertz CT molecular complexity index is 1360. The van der Waals surface area contributed by atoms with Gasteiger partial charge in [-0.15, -0.1) is 0 Å². The topological polar surface area (TPSA) is 56.6 Å². The fourth-order valence-corrected chi connectivity index (χ4v) is 5.64. The number of hydrogen-bond acceptors (Lipinski definition) is 4. The van der Waals surface area contributed by atoms with E-state index in [1.54, 1.807) is 35.7 Å². The predicted octanol–water partition coefficient (Wildman–Crippen LogP) is 7.33. The van der Waals surface area contributed by atoms with Crippen molar-refractivity contribution in [2.75, 3.05) is 12.0 Å². The Morgan fingerprint density at radius 2 is 1.69 bits per heavy atom. The molecule has 0 bridgehead atoms. The van der Waals surface area contributed by atoms with Gasteiger partial charge in [0.25, 0.3) is 0 Å². The summed E-state index contributed by atoms with van der Waals surface area (Å²) in [6, 6.07) is 13.0. The van der Waals surface area contributed by atoms with Crippen LogP contribution in [0, 0.1) is 0 Å². The second-order valence-electron chi connectivity index (χ2n) is 12.1. The third kappa shape index (κ3) is 5.49. The number of carbonyl (C=O) groups is 1. The van der Waals surface area contributed by atoms with E-state index >= 15 is 0 Å². The van der Waals surface area contributed by atoms with Gasteiger partial charge in [0.15, 0.2) is 14.4 Å². The van der Waals surface area contributed by atoms with Gasteiger partial charge in [-0.1, -0.05) is 39.0 Å². The summed E-state index contributed by atoms with van der Waals surface area (Å²) in [7, 11) is -1.15. The quantitative estimate of drug-likeness (QED) is 0.285. The number of aromatic nitrogens is 2. The molecule has 0 fully saturated rings. The molecule has 6 nitrogen and oxygen atoms in total. The van der Waals surface area contributed by atoms with Gasteiger partial charge in [0, 0.05) is 11.9 Å². The van der Waals surface area contributed by atoms with Gasteiger partial charge in [0.05, 0.1) is 36.8 Å². The lowest BCUT2D eigenvalue weighted by molar-refractivity contribution is -0.202. The van der Waals surface area contributed by atoms with Crippen molar-refractivity contribution in [3.05, 3.63) is 71.8 Å². The van der Waals surface area contributed by atoms with Crippen LogP contribution in [0.1, 0.15) is 57.5 Å². The van der Waals surface area contributed by atoms with Crippen molar-refractivity contribution in [2.45, 2.75) is 77.0 Å². The van der Waals surface area contributed by atoms with Gasteiger partial charge in [-0.2, -0.15) is 13.2 Å². The number of ether oxygens (including phenoxy) is 1. The molecule has 0 aliphatic carbocycles. The first-order valence-electron chi connectivity index (χ1n) is 12.8. The molecule has 1 aliphatic rings. The van der Waals surface area contributed by atoms with Crippen molar-refractivity contribution >= 4 is 19.9 Å². The van der Waals surface area contributed by atoms with Crippen LogP contribution in [-0.4, -0.2) is 37.1 Å². The second kappa shape index (κ2) is 9.82. The largest absolute Gasteiger partial charge is 0.497 e. The molecule has 0 spiro atoms. The predicted molar refractivity (Wildman–Crippen MR) is 148 cm³/mol. The van der Waals surface area contributed by atoms with E-state index in [1.807, 2.05) is 71.0 Å². The minimum Gasteiger partial charge on any atom is -0.497 e. The van der Waals surface area contributed by atoms with Crippen LogP contribution in [0.15, 0.2) is 55.0 Å². The van der Waals surface area contributed by atoms with Crippen LogP contribution in [-0.2, 0) is 21.2 Å². The zero-order valence-electron chi connectivity index (χ0n) is 23.7. The molecule has 2 heterocycles. The summed E-state index contributed by atoms with van der Waals surface area (Å²) in [5.41, 5.74) is 2.18. The number of rotatable bonds is 7. The number of carbonyl (C=O) groups excluding carboxylic acids is 1. The summed E-state index contributed by atoms with van der Waals surface area (Å²) in [6.07, 6.45) is -4.01. The van der Waals surface area contributed by atoms with Crippen LogP contribution in [0.4, 0.5) is 18.9 Å². The summed E-state index contributed by atoms with van der Waals surface area (Å²) >= 11 is 0. The molecule has 1 unspecified atom stereocenters. The van der Waals surface area contributed by atoms with Gasteiger partial charge >= 0.3 is 6.18 Å². The first kappa shape index (κ1) is 28.9. The monoisotopic (exact) mass is 559 g/mol. The third-order valence-corrected chi connectivity index (χ3v) is 12.3. The normalized spacial score (nSPS) is 16.4. The first-order valence-corrected chi connectivity index (χ1v) is 15.7. The second-order valence-corrected chi connectivity index (χ2v) is 16.8. The van der Waals surface area contributed by atoms with Gasteiger partial charge < -0.3 is 18.6 Å². The van der Waals surface area contributed by atoms with Gasteiger partial charge in [0.2, 0.25) is 5.91 Å². The Balaban J connectivity index is 1.68. The molecular formula is C29H36F3N3O3Si. The van der Waals surface area contributed by atoms with Crippen molar-refractivity contribution in [3.8, 4) is 11.4 Å². The Kier molecular flexibility index (Phi) is 7.27. The average molecular weight is 560 g/mol. The minimum absolute atomic E-state index is 0.0447. The average Bonchev–Trinajstić information content (AvgIpc) is 3.40. The Morgan fingerprint density at radius 1 is 1.05 bits per heavy atom. The molecule has 0 radical (unpaired) electrons. The highest BCUT2D eigenvalue weighted by molar-refractivity contribution is 6.74. The van der Waals surface area contributed by atoms with E-state index in [1.165, 1.54) is 12.5 Å². The third-order valence-electron chi connectivity index (χ3n) is 7.91. The van der Waals surface area contributed by atoms with Crippen LogP contribution in [0.5, 0.6) is 5.75 Å². The Morgan fingerprint density at radius 3 is 2.26 bits per heavy atom. The molecule has 0 N–H and O–H groups in total. The number of halogens is 3. The van der Waals surface area contributed by atoms with E-state index in [-0.39, 0.29) is 11.6 Å². The zero-order chi connectivity index (χ0) is 29.0. The summed E-state index contributed by atoms with van der Waals surface area (Å²) in [6.45, 7) is 13.4. The van der Waals surface area contributed by atoms with E-state index in [0.717, 1.165) is 22.6 Å². The highest BCUT2D eigenvalue weighted by Gasteiger charge is 2.50. The number of methoxy groups -OCH3 is 1. The summed E-state index contributed by atoms with van der Waals surface area (Å²) in [4.78, 5) is 19.3. The molecule has 0 saturated carbocycles. The van der Waals surface area contributed by atoms with Crippen LogP contribution < -0.4 is 9.64 Å². The molecule has 4 rings (SSSR count). The number of anilines is 1. The summed E-state index contributed by atoms with van der Waals surface area (Å²) in [5, 5.41) is -0.397. The minimum atomic E-state index is -4.61. The number of amides is 1. The molecule has 10 heteroatoms. The van der Waals surface area contributed by atoms with E-state index in [0.29, 0.717) is 12.2 Å². The summed E-state index contributed by atoms with van der Waals surface area (Å²) < 4.78 is 55.0. The van der Waals surface area contributed by atoms with Crippen LogP contribution in [0.2, 0.25) is 18.1 Å². The molecule has 39 heavy (non-hydrogen) atoms. The lowest BCUT2D eigenvalue weighted by Crippen LogP contribution is -2.44. The van der Waals surface area contributed by atoms with E-state index in [2.05, 4.69) is 4.98 Å². The number of alkyl halides is 3.